The van der Waals surface area contributed by atoms with Crippen LogP contribution in [0.1, 0.15) is 12.5 Å². The van der Waals surface area contributed by atoms with Crippen molar-refractivity contribution < 1.29 is 4.79 Å². The van der Waals surface area contributed by atoms with Crippen LogP contribution in [0.3, 0.4) is 0 Å². The molecule has 2 aromatic carbocycles. The fourth-order valence-corrected chi connectivity index (χ4v) is 3.51. The average molecular weight is 335 g/mol. The molecule has 25 heavy (non-hydrogen) atoms. The van der Waals surface area contributed by atoms with Crippen molar-refractivity contribution in [2.75, 3.05) is 4.90 Å². The number of nitrogens with one attached hydrogen (secondary N) is 1. The van der Waals surface area contributed by atoms with Crippen LogP contribution in [0.5, 0.6) is 0 Å². The maximum absolute atomic E-state index is 12.8. The Morgan fingerprint density at radius 1 is 1.08 bits per heavy atom. The van der Waals surface area contributed by atoms with Crippen LogP contribution in [-0.2, 0) is 17.8 Å². The van der Waals surface area contributed by atoms with Gasteiger partial charge in [-0.25, -0.2) is 4.68 Å². The third kappa shape index (κ3) is 2.46. The maximum Gasteiger partial charge on any atom is 0.273 e. The lowest BCUT2D eigenvalue weighted by molar-refractivity contribution is -0.119. The minimum absolute atomic E-state index is 0.0211. The normalized spacial score (nSPS) is 16.2. The molecule has 126 valence electrons. The van der Waals surface area contributed by atoms with Crippen LogP contribution in [0.25, 0.3) is 10.8 Å². The summed E-state index contributed by atoms with van der Waals surface area (Å²) >= 11 is 0. The number of rotatable bonds is 2. The monoisotopic (exact) mass is 335 g/mol. The van der Waals surface area contributed by atoms with Crippen LogP contribution >= 0.6 is 0 Å². The van der Waals surface area contributed by atoms with Gasteiger partial charge in [0.1, 0.15) is 6.54 Å². The molecule has 0 spiro atoms. The molecule has 3 aromatic rings. The number of para-hydroxylation sites is 1. The summed E-state index contributed by atoms with van der Waals surface area (Å²) in [7, 11) is 0. The van der Waals surface area contributed by atoms with E-state index in [0.29, 0.717) is 10.8 Å². The minimum Gasteiger partial charge on any atom is -0.307 e. The molecular weight excluding hydrogens is 318 g/mol. The molecule has 2 heterocycles. The number of carbonyl (C=O) groups excluding carboxylic acids is 1. The summed E-state index contributed by atoms with van der Waals surface area (Å²) in [6, 6.07) is 14.4. The smallest absolute Gasteiger partial charge is 0.273 e. The summed E-state index contributed by atoms with van der Waals surface area (Å²) in [4.78, 5) is 39.3. The van der Waals surface area contributed by atoms with E-state index in [1.165, 1.54) is 0 Å². The zero-order chi connectivity index (χ0) is 17.6. The third-order valence-electron chi connectivity index (χ3n) is 4.65. The molecule has 1 aromatic heterocycles. The van der Waals surface area contributed by atoms with Gasteiger partial charge in [-0.2, -0.15) is 0 Å². The van der Waals surface area contributed by atoms with Gasteiger partial charge in [0.05, 0.1) is 10.8 Å². The van der Waals surface area contributed by atoms with Gasteiger partial charge in [0.15, 0.2) is 0 Å². The first kappa shape index (κ1) is 15.4. The van der Waals surface area contributed by atoms with Gasteiger partial charge in [0.2, 0.25) is 5.91 Å². The zero-order valence-corrected chi connectivity index (χ0v) is 13.7. The van der Waals surface area contributed by atoms with Crippen molar-refractivity contribution in [1.82, 2.24) is 9.78 Å². The number of fused-ring (bicyclic) bond motifs is 2. The highest BCUT2D eigenvalue weighted by molar-refractivity contribution is 5.96. The van der Waals surface area contributed by atoms with Gasteiger partial charge in [-0.1, -0.05) is 30.3 Å². The van der Waals surface area contributed by atoms with Gasteiger partial charge >= 0.3 is 0 Å². The molecule has 1 atom stereocenters. The number of aromatic amines is 1. The Morgan fingerprint density at radius 2 is 1.76 bits per heavy atom. The first-order valence-electron chi connectivity index (χ1n) is 8.18. The molecule has 0 saturated carbocycles. The summed E-state index contributed by atoms with van der Waals surface area (Å²) in [5.74, 6) is -0.217. The van der Waals surface area contributed by atoms with Crippen molar-refractivity contribution in [3.63, 3.8) is 0 Å². The van der Waals surface area contributed by atoms with Crippen molar-refractivity contribution in [2.45, 2.75) is 25.9 Å². The highest BCUT2D eigenvalue weighted by atomic mass is 16.2. The van der Waals surface area contributed by atoms with E-state index < -0.39 is 0 Å². The highest BCUT2D eigenvalue weighted by Crippen LogP contribution is 2.31. The lowest BCUT2D eigenvalue weighted by atomic mass is 10.1. The predicted octanol–water partition coefficient (Wildman–Crippen LogP) is 1.67. The Kier molecular flexibility index (Phi) is 3.53. The fourth-order valence-electron chi connectivity index (χ4n) is 3.51. The second-order valence-electron chi connectivity index (χ2n) is 6.32. The van der Waals surface area contributed by atoms with Gasteiger partial charge in [0.25, 0.3) is 11.1 Å². The van der Waals surface area contributed by atoms with Crippen LogP contribution in [0.15, 0.2) is 58.1 Å². The van der Waals surface area contributed by atoms with Crippen molar-refractivity contribution in [3.8, 4) is 0 Å². The number of anilines is 1. The Bertz CT molecular complexity index is 1100. The van der Waals surface area contributed by atoms with Crippen LogP contribution in [0.2, 0.25) is 0 Å². The summed E-state index contributed by atoms with van der Waals surface area (Å²) < 4.78 is 1.10. The molecular formula is C19H17N3O3. The number of aromatic nitrogens is 2. The van der Waals surface area contributed by atoms with Gasteiger partial charge in [-0.3, -0.25) is 19.5 Å². The van der Waals surface area contributed by atoms with Gasteiger partial charge in [-0.15, -0.1) is 0 Å². The Morgan fingerprint density at radius 3 is 2.56 bits per heavy atom. The third-order valence-corrected chi connectivity index (χ3v) is 4.65. The SMILES string of the molecule is C[C@H]1Cc2ccccc2N1C(=O)Cn1[nH]c(=O)c2ccccc2c1=O. The highest BCUT2D eigenvalue weighted by Gasteiger charge is 2.30. The molecule has 0 bridgehead atoms. The van der Waals surface area contributed by atoms with Crippen molar-refractivity contribution >= 4 is 22.4 Å². The molecule has 4 rings (SSSR count). The molecule has 1 N–H and O–H groups in total. The molecule has 6 nitrogen and oxygen atoms in total. The van der Waals surface area contributed by atoms with Gasteiger partial charge < -0.3 is 4.90 Å². The number of hydrogen-bond acceptors (Lipinski definition) is 3. The maximum atomic E-state index is 12.8. The van der Waals surface area contributed by atoms with E-state index in [4.69, 9.17) is 0 Å². The Balaban J connectivity index is 1.73. The van der Waals surface area contributed by atoms with E-state index in [-0.39, 0.29) is 29.6 Å². The first-order chi connectivity index (χ1) is 12.1. The van der Waals surface area contributed by atoms with Crippen LogP contribution in [0.4, 0.5) is 5.69 Å². The van der Waals surface area contributed by atoms with Crippen molar-refractivity contribution in [3.05, 3.63) is 74.8 Å². The quantitative estimate of drug-likeness (QED) is 0.774. The lowest BCUT2D eigenvalue weighted by Crippen LogP contribution is -2.41. The number of hydrogen-bond donors (Lipinski definition) is 1. The topological polar surface area (TPSA) is 75.2 Å². The molecule has 1 amide bonds. The van der Waals surface area contributed by atoms with E-state index in [9.17, 15) is 14.4 Å². The zero-order valence-electron chi connectivity index (χ0n) is 13.7. The number of H-pyrrole nitrogens is 1. The predicted molar refractivity (Wildman–Crippen MR) is 95.9 cm³/mol. The van der Waals surface area contributed by atoms with E-state index in [2.05, 4.69) is 5.10 Å². The standard InChI is InChI=1S/C19H17N3O3/c1-12-10-13-6-2-5-9-16(13)22(12)17(23)11-21-19(25)15-8-4-3-7-14(15)18(24)20-21/h2-9,12H,10-11H2,1H3,(H,20,24)/t12-/m0/s1. The molecule has 1 aliphatic heterocycles. The van der Waals surface area contributed by atoms with Gasteiger partial charge in [-0.05, 0) is 37.1 Å². The van der Waals surface area contributed by atoms with Crippen molar-refractivity contribution in [1.29, 1.82) is 0 Å². The number of amides is 1. The van der Waals surface area contributed by atoms with E-state index in [0.717, 1.165) is 22.4 Å². The molecule has 0 unspecified atom stereocenters. The molecule has 0 fully saturated rings. The Hall–Kier alpha value is -3.15. The van der Waals surface area contributed by atoms with Crippen molar-refractivity contribution in [2.24, 2.45) is 0 Å². The summed E-state index contributed by atoms with van der Waals surface area (Å²) in [6.07, 6.45) is 0.783. The molecule has 0 aliphatic carbocycles. The average Bonchev–Trinajstić information content (AvgIpc) is 2.95. The van der Waals surface area contributed by atoms with Crippen LogP contribution in [-0.4, -0.2) is 21.7 Å². The molecule has 1 aliphatic rings. The van der Waals surface area contributed by atoms with Gasteiger partial charge in [0, 0.05) is 11.7 Å². The minimum atomic E-state index is -0.377. The second-order valence-corrected chi connectivity index (χ2v) is 6.32. The largest absolute Gasteiger partial charge is 0.307 e. The number of carbonyl (C=O) groups is 1. The lowest BCUT2D eigenvalue weighted by Gasteiger charge is -2.23. The Labute approximate surface area is 143 Å². The van der Waals surface area contributed by atoms with Crippen LogP contribution < -0.4 is 16.0 Å². The second kappa shape index (κ2) is 5.73. The molecule has 0 saturated heterocycles. The summed E-state index contributed by atoms with van der Waals surface area (Å²) in [5, 5.41) is 3.16. The fraction of sp³-hybridized carbons (Fsp3) is 0.211. The van der Waals surface area contributed by atoms with E-state index in [1.54, 1.807) is 29.2 Å². The number of benzene rings is 2. The first-order valence-corrected chi connectivity index (χ1v) is 8.18. The van der Waals surface area contributed by atoms with Crippen LogP contribution in [0, 0.1) is 0 Å². The summed E-state index contributed by atoms with van der Waals surface area (Å²) in [6.45, 7) is 1.78. The van der Waals surface area contributed by atoms with E-state index >= 15 is 0 Å². The summed E-state index contributed by atoms with van der Waals surface area (Å²) in [5.41, 5.74) is 1.24. The van der Waals surface area contributed by atoms with E-state index in [1.807, 2.05) is 31.2 Å². The number of nitrogens with zero attached hydrogens (tertiary/aromatic N) is 2. The molecule has 0 radical (unpaired) electrons. The molecule has 6 heteroatoms.